The number of carbonyl (C=O) groups is 1. The van der Waals surface area contributed by atoms with Crippen LogP contribution >= 0.6 is 0 Å². The van der Waals surface area contributed by atoms with Gasteiger partial charge in [-0.15, -0.1) is 0 Å². The fraction of sp³-hybridized carbons (Fsp3) is 0.316. The number of nitrogens with zero attached hydrogens (tertiary/aromatic N) is 1. The molecule has 1 aliphatic rings. The molecule has 0 spiro atoms. The monoisotopic (exact) mass is 376 g/mol. The van der Waals surface area contributed by atoms with Crippen molar-refractivity contribution >= 4 is 16.1 Å². The topological polar surface area (TPSA) is 66.5 Å². The lowest BCUT2D eigenvalue weighted by Gasteiger charge is -2.40. The molecule has 3 rings (SSSR count). The summed E-state index contributed by atoms with van der Waals surface area (Å²) < 4.78 is 41.9. The first-order valence-corrected chi connectivity index (χ1v) is 9.86. The van der Waals surface area contributed by atoms with Gasteiger partial charge in [-0.1, -0.05) is 48.9 Å². The van der Waals surface area contributed by atoms with E-state index in [2.05, 4.69) is 4.72 Å². The third kappa shape index (κ3) is 3.64. The van der Waals surface area contributed by atoms with Crippen LogP contribution in [-0.4, -0.2) is 25.7 Å². The van der Waals surface area contributed by atoms with Crippen molar-refractivity contribution in [3.05, 3.63) is 71.5 Å². The highest BCUT2D eigenvalue weighted by Gasteiger charge is 2.47. The van der Waals surface area contributed by atoms with Crippen molar-refractivity contribution in [1.82, 2.24) is 9.03 Å². The molecule has 1 amide bonds. The first kappa shape index (κ1) is 18.5. The zero-order valence-corrected chi connectivity index (χ0v) is 15.3. The molecule has 26 heavy (non-hydrogen) atoms. The fourth-order valence-corrected chi connectivity index (χ4v) is 4.09. The summed E-state index contributed by atoms with van der Waals surface area (Å²) in [6.45, 7) is 0.149. The molecule has 0 bridgehead atoms. The summed E-state index contributed by atoms with van der Waals surface area (Å²) in [5.41, 5.74) is 0.349. The summed E-state index contributed by atoms with van der Waals surface area (Å²) in [7, 11) is -2.58. The smallest absolute Gasteiger partial charge is 0.273 e. The van der Waals surface area contributed by atoms with E-state index < -0.39 is 27.3 Å². The number of hydrogen-bond donors (Lipinski definition) is 1. The molecule has 2 aromatic rings. The van der Waals surface area contributed by atoms with Crippen LogP contribution in [0.25, 0.3) is 0 Å². The predicted molar refractivity (Wildman–Crippen MR) is 96.9 cm³/mol. The number of benzene rings is 2. The second-order valence-electron chi connectivity index (χ2n) is 6.62. The van der Waals surface area contributed by atoms with E-state index in [1.807, 2.05) is 30.3 Å². The first-order chi connectivity index (χ1) is 12.3. The minimum atomic E-state index is -4.00. The second kappa shape index (κ2) is 7.17. The molecule has 2 aromatic carbocycles. The van der Waals surface area contributed by atoms with E-state index in [9.17, 15) is 17.6 Å². The van der Waals surface area contributed by atoms with Gasteiger partial charge in [0.15, 0.2) is 0 Å². The van der Waals surface area contributed by atoms with Gasteiger partial charge in [0, 0.05) is 13.6 Å². The highest BCUT2D eigenvalue weighted by Crippen LogP contribution is 2.44. The number of amides is 1. The Labute approximate surface area is 153 Å². The van der Waals surface area contributed by atoms with E-state index in [4.69, 9.17) is 0 Å². The van der Waals surface area contributed by atoms with E-state index >= 15 is 0 Å². The summed E-state index contributed by atoms with van der Waals surface area (Å²) in [6, 6.07) is 14.9. The Hall–Kier alpha value is -2.25. The van der Waals surface area contributed by atoms with E-state index in [0.717, 1.165) is 16.3 Å². The largest absolute Gasteiger partial charge is 0.303 e. The van der Waals surface area contributed by atoms with E-state index in [1.165, 1.54) is 25.2 Å². The Morgan fingerprint density at radius 2 is 1.85 bits per heavy atom. The van der Waals surface area contributed by atoms with Gasteiger partial charge in [0.2, 0.25) is 5.91 Å². The molecule has 1 N–H and O–H groups in total. The quantitative estimate of drug-likeness (QED) is 0.843. The van der Waals surface area contributed by atoms with Crippen molar-refractivity contribution in [2.24, 2.45) is 0 Å². The Morgan fingerprint density at radius 1 is 1.15 bits per heavy atom. The Balaban J connectivity index is 1.77. The Morgan fingerprint density at radius 3 is 2.42 bits per heavy atom. The number of carbonyl (C=O) groups excluding carboxylic acids is 1. The lowest BCUT2D eigenvalue weighted by atomic mass is 9.64. The van der Waals surface area contributed by atoms with E-state index in [-0.39, 0.29) is 6.54 Å². The molecule has 0 heterocycles. The molecular formula is C19H21FN2O3S. The number of nitrogens with one attached hydrogen (secondary N) is 1. The summed E-state index contributed by atoms with van der Waals surface area (Å²) >= 11 is 0. The normalized spacial score (nSPS) is 16.1. The standard InChI is InChI=1S/C19H21FN2O3S/c1-22(14-15-7-3-2-4-8-15)26(24,25)21-18(23)19(11-6-12-19)16-9-5-10-17(20)13-16/h2-5,7-10,13H,6,11-12,14H2,1H3,(H,21,23). The fourth-order valence-electron chi connectivity index (χ4n) is 3.18. The van der Waals surface area contributed by atoms with Crippen molar-refractivity contribution in [2.45, 2.75) is 31.2 Å². The average molecular weight is 376 g/mol. The molecule has 0 saturated heterocycles. The van der Waals surface area contributed by atoms with Gasteiger partial charge < -0.3 is 0 Å². The highest BCUT2D eigenvalue weighted by atomic mass is 32.2. The van der Waals surface area contributed by atoms with Crippen LogP contribution in [0.15, 0.2) is 54.6 Å². The van der Waals surface area contributed by atoms with Gasteiger partial charge in [0.1, 0.15) is 5.82 Å². The molecule has 5 nitrogen and oxygen atoms in total. The molecule has 0 unspecified atom stereocenters. The van der Waals surface area contributed by atoms with Crippen LogP contribution in [0.3, 0.4) is 0 Å². The maximum atomic E-state index is 13.6. The first-order valence-electron chi connectivity index (χ1n) is 8.42. The summed E-state index contributed by atoms with van der Waals surface area (Å²) in [5, 5.41) is 0. The van der Waals surface area contributed by atoms with Crippen LogP contribution in [-0.2, 0) is 27.0 Å². The molecule has 1 aliphatic carbocycles. The number of halogens is 1. The minimum absolute atomic E-state index is 0.149. The van der Waals surface area contributed by atoms with Gasteiger partial charge in [-0.05, 0) is 36.1 Å². The zero-order valence-electron chi connectivity index (χ0n) is 14.5. The molecule has 7 heteroatoms. The lowest BCUT2D eigenvalue weighted by Crippen LogP contribution is -2.53. The van der Waals surface area contributed by atoms with Crippen molar-refractivity contribution in [3.8, 4) is 0 Å². The third-order valence-electron chi connectivity index (χ3n) is 4.90. The predicted octanol–water partition coefficient (Wildman–Crippen LogP) is 2.74. The van der Waals surface area contributed by atoms with Gasteiger partial charge in [0.25, 0.3) is 0 Å². The molecule has 0 aromatic heterocycles. The van der Waals surface area contributed by atoms with Crippen molar-refractivity contribution in [1.29, 1.82) is 0 Å². The third-order valence-corrected chi connectivity index (χ3v) is 6.29. The second-order valence-corrected chi connectivity index (χ2v) is 8.40. The van der Waals surface area contributed by atoms with Gasteiger partial charge in [-0.25, -0.2) is 9.11 Å². The zero-order chi connectivity index (χ0) is 18.8. The molecular weight excluding hydrogens is 355 g/mol. The van der Waals surface area contributed by atoms with Crippen LogP contribution in [0.4, 0.5) is 4.39 Å². The lowest BCUT2D eigenvalue weighted by molar-refractivity contribution is -0.128. The number of rotatable bonds is 6. The Kier molecular flexibility index (Phi) is 5.11. The average Bonchev–Trinajstić information content (AvgIpc) is 2.54. The van der Waals surface area contributed by atoms with Crippen molar-refractivity contribution in [3.63, 3.8) is 0 Å². The van der Waals surface area contributed by atoms with Crippen LogP contribution in [0.2, 0.25) is 0 Å². The van der Waals surface area contributed by atoms with Crippen LogP contribution < -0.4 is 4.72 Å². The summed E-state index contributed by atoms with van der Waals surface area (Å²) in [6.07, 6.45) is 1.80. The number of hydrogen-bond acceptors (Lipinski definition) is 3. The highest BCUT2D eigenvalue weighted by molar-refractivity contribution is 7.87. The molecule has 0 atom stereocenters. The van der Waals surface area contributed by atoms with E-state index in [1.54, 1.807) is 6.07 Å². The van der Waals surface area contributed by atoms with Gasteiger partial charge in [-0.2, -0.15) is 12.7 Å². The molecule has 1 fully saturated rings. The van der Waals surface area contributed by atoms with Crippen LogP contribution in [0.5, 0.6) is 0 Å². The molecule has 138 valence electrons. The SMILES string of the molecule is CN(Cc1ccccc1)S(=O)(=O)NC(=O)C1(c2cccc(F)c2)CCC1. The Bertz CT molecular complexity index is 896. The molecule has 0 aliphatic heterocycles. The van der Waals surface area contributed by atoms with Gasteiger partial charge in [-0.3, -0.25) is 4.79 Å². The maximum Gasteiger partial charge on any atom is 0.303 e. The summed E-state index contributed by atoms with van der Waals surface area (Å²) in [4.78, 5) is 12.8. The van der Waals surface area contributed by atoms with Gasteiger partial charge in [0.05, 0.1) is 5.41 Å². The van der Waals surface area contributed by atoms with Crippen LogP contribution in [0, 0.1) is 5.82 Å². The van der Waals surface area contributed by atoms with E-state index in [0.29, 0.717) is 18.4 Å². The maximum absolute atomic E-state index is 13.6. The molecule has 1 saturated carbocycles. The van der Waals surface area contributed by atoms with Gasteiger partial charge >= 0.3 is 10.2 Å². The minimum Gasteiger partial charge on any atom is -0.273 e. The van der Waals surface area contributed by atoms with Crippen molar-refractivity contribution < 1.29 is 17.6 Å². The van der Waals surface area contributed by atoms with Crippen LogP contribution in [0.1, 0.15) is 30.4 Å². The summed E-state index contributed by atoms with van der Waals surface area (Å²) in [5.74, 6) is -1.04. The van der Waals surface area contributed by atoms with Crippen molar-refractivity contribution in [2.75, 3.05) is 7.05 Å². The molecule has 0 radical (unpaired) electrons.